The summed E-state index contributed by atoms with van der Waals surface area (Å²) in [6.45, 7) is 3.75. The molecule has 2 aromatic rings. The number of nitrogens with two attached hydrogens (primary N) is 1. The van der Waals surface area contributed by atoms with Gasteiger partial charge in [0, 0.05) is 11.3 Å². The molecule has 17 heavy (non-hydrogen) atoms. The van der Waals surface area contributed by atoms with Gasteiger partial charge in [-0.3, -0.25) is 5.41 Å². The molecule has 0 saturated heterocycles. The SMILES string of the molecule is Cc1ccc(C(=N)N)c(Sc2nc(C)ns2)n1. The monoisotopic (exact) mass is 265 g/mol. The van der Waals surface area contributed by atoms with Crippen molar-refractivity contribution in [3.63, 3.8) is 0 Å². The number of nitrogens with zero attached hydrogens (tertiary/aromatic N) is 3. The van der Waals surface area contributed by atoms with Crippen LogP contribution in [0.15, 0.2) is 21.5 Å². The van der Waals surface area contributed by atoms with Gasteiger partial charge in [-0.1, -0.05) is 0 Å². The molecule has 0 amide bonds. The molecule has 0 fully saturated rings. The number of pyridine rings is 1. The zero-order chi connectivity index (χ0) is 12.4. The van der Waals surface area contributed by atoms with E-state index in [1.54, 1.807) is 6.07 Å². The van der Waals surface area contributed by atoms with Crippen LogP contribution in [0, 0.1) is 19.3 Å². The zero-order valence-electron chi connectivity index (χ0n) is 9.39. The highest BCUT2D eigenvalue weighted by atomic mass is 32.2. The van der Waals surface area contributed by atoms with Crippen LogP contribution in [0.2, 0.25) is 0 Å². The first-order valence-electron chi connectivity index (χ1n) is 4.86. The average molecular weight is 265 g/mol. The topological polar surface area (TPSA) is 88.5 Å². The number of amidine groups is 1. The van der Waals surface area contributed by atoms with Crippen LogP contribution in [0.1, 0.15) is 17.1 Å². The summed E-state index contributed by atoms with van der Waals surface area (Å²) in [6, 6.07) is 3.65. The van der Waals surface area contributed by atoms with Crippen LogP contribution in [0.3, 0.4) is 0 Å². The summed E-state index contributed by atoms with van der Waals surface area (Å²) < 4.78 is 4.92. The predicted octanol–water partition coefficient (Wildman–Crippen LogP) is 1.99. The zero-order valence-corrected chi connectivity index (χ0v) is 11.0. The van der Waals surface area contributed by atoms with Crippen molar-refractivity contribution in [3.05, 3.63) is 29.2 Å². The Hall–Kier alpha value is -1.47. The van der Waals surface area contributed by atoms with E-state index < -0.39 is 0 Å². The van der Waals surface area contributed by atoms with Crippen molar-refractivity contribution >= 4 is 29.1 Å². The van der Waals surface area contributed by atoms with E-state index in [-0.39, 0.29) is 5.84 Å². The van der Waals surface area contributed by atoms with Gasteiger partial charge in [0.25, 0.3) is 0 Å². The highest BCUT2D eigenvalue weighted by molar-refractivity contribution is 8.01. The fourth-order valence-corrected chi connectivity index (χ4v) is 2.96. The molecule has 0 aliphatic carbocycles. The summed E-state index contributed by atoms with van der Waals surface area (Å²) in [6.07, 6.45) is 0. The largest absolute Gasteiger partial charge is 0.384 e. The summed E-state index contributed by atoms with van der Waals surface area (Å²) in [5, 5.41) is 8.21. The van der Waals surface area contributed by atoms with E-state index in [1.165, 1.54) is 23.3 Å². The third kappa shape index (κ3) is 2.80. The van der Waals surface area contributed by atoms with Crippen LogP contribution in [0.25, 0.3) is 0 Å². The van der Waals surface area contributed by atoms with E-state index in [4.69, 9.17) is 11.1 Å². The van der Waals surface area contributed by atoms with Gasteiger partial charge in [-0.15, -0.1) is 0 Å². The first-order valence-corrected chi connectivity index (χ1v) is 6.45. The van der Waals surface area contributed by atoms with Gasteiger partial charge in [0.05, 0.1) is 0 Å². The lowest BCUT2D eigenvalue weighted by Crippen LogP contribution is -2.13. The van der Waals surface area contributed by atoms with Crippen molar-refractivity contribution in [2.45, 2.75) is 23.2 Å². The Bertz CT molecular complexity index is 564. The third-order valence-corrected chi connectivity index (χ3v) is 3.83. The Morgan fingerprint density at radius 1 is 1.35 bits per heavy atom. The van der Waals surface area contributed by atoms with Gasteiger partial charge in [0.1, 0.15) is 16.7 Å². The Kier molecular flexibility index (Phi) is 3.39. The molecule has 0 aliphatic rings. The van der Waals surface area contributed by atoms with E-state index in [1.807, 2.05) is 19.9 Å². The molecule has 5 nitrogen and oxygen atoms in total. The van der Waals surface area contributed by atoms with E-state index in [9.17, 15) is 0 Å². The molecule has 2 heterocycles. The van der Waals surface area contributed by atoms with Crippen LogP contribution in [-0.4, -0.2) is 20.2 Å². The highest BCUT2D eigenvalue weighted by Gasteiger charge is 2.11. The van der Waals surface area contributed by atoms with E-state index in [0.29, 0.717) is 10.6 Å². The van der Waals surface area contributed by atoms with Crippen molar-refractivity contribution in [2.75, 3.05) is 0 Å². The molecule has 0 unspecified atom stereocenters. The molecule has 0 aliphatic heterocycles. The maximum absolute atomic E-state index is 7.51. The number of aryl methyl sites for hydroxylation is 2. The summed E-state index contributed by atoms with van der Waals surface area (Å²) in [7, 11) is 0. The van der Waals surface area contributed by atoms with Gasteiger partial charge in [-0.25, -0.2) is 9.97 Å². The first kappa shape index (κ1) is 12.0. The molecule has 88 valence electrons. The van der Waals surface area contributed by atoms with Crippen molar-refractivity contribution in [1.82, 2.24) is 14.3 Å². The summed E-state index contributed by atoms with van der Waals surface area (Å²) in [5.74, 6) is 0.760. The van der Waals surface area contributed by atoms with Crippen LogP contribution < -0.4 is 5.73 Å². The molecule has 0 bridgehead atoms. The lowest BCUT2D eigenvalue weighted by Gasteiger charge is -2.05. The van der Waals surface area contributed by atoms with E-state index >= 15 is 0 Å². The second kappa shape index (κ2) is 4.80. The van der Waals surface area contributed by atoms with Gasteiger partial charge >= 0.3 is 0 Å². The number of hydrogen-bond donors (Lipinski definition) is 2. The number of rotatable bonds is 3. The summed E-state index contributed by atoms with van der Waals surface area (Å²) in [5.41, 5.74) is 7.04. The average Bonchev–Trinajstić information content (AvgIpc) is 2.63. The lowest BCUT2D eigenvalue weighted by molar-refractivity contribution is 1.04. The van der Waals surface area contributed by atoms with Gasteiger partial charge in [0.2, 0.25) is 0 Å². The Balaban J connectivity index is 2.37. The maximum atomic E-state index is 7.51. The Morgan fingerprint density at radius 3 is 2.71 bits per heavy atom. The van der Waals surface area contributed by atoms with Crippen LogP contribution >= 0.6 is 23.3 Å². The van der Waals surface area contributed by atoms with Crippen molar-refractivity contribution in [3.8, 4) is 0 Å². The Labute approximate surface area is 107 Å². The normalized spacial score (nSPS) is 10.5. The van der Waals surface area contributed by atoms with Crippen molar-refractivity contribution in [1.29, 1.82) is 5.41 Å². The fraction of sp³-hybridized carbons (Fsp3) is 0.200. The number of nitrogen functional groups attached to an aromatic ring is 1. The van der Waals surface area contributed by atoms with Crippen LogP contribution in [-0.2, 0) is 0 Å². The first-order chi connectivity index (χ1) is 8.06. The minimum atomic E-state index is 0.0150. The molecule has 0 aromatic carbocycles. The molecule has 3 N–H and O–H groups in total. The Morgan fingerprint density at radius 2 is 2.12 bits per heavy atom. The summed E-state index contributed by atoms with van der Waals surface area (Å²) in [4.78, 5) is 8.64. The van der Waals surface area contributed by atoms with E-state index in [2.05, 4.69) is 14.3 Å². The van der Waals surface area contributed by atoms with E-state index in [0.717, 1.165) is 15.9 Å². The third-order valence-electron chi connectivity index (χ3n) is 1.98. The number of aromatic nitrogens is 3. The summed E-state index contributed by atoms with van der Waals surface area (Å²) >= 11 is 2.71. The number of hydrogen-bond acceptors (Lipinski definition) is 6. The molecule has 0 radical (unpaired) electrons. The second-order valence-corrected chi connectivity index (χ2v) is 5.42. The second-order valence-electron chi connectivity index (χ2n) is 3.43. The minimum absolute atomic E-state index is 0.0150. The van der Waals surface area contributed by atoms with Gasteiger partial charge in [0.15, 0.2) is 4.34 Å². The fourth-order valence-electron chi connectivity index (χ4n) is 1.22. The molecule has 0 saturated carbocycles. The molecular formula is C10H11N5S2. The van der Waals surface area contributed by atoms with Gasteiger partial charge in [-0.05, 0) is 49.3 Å². The predicted molar refractivity (Wildman–Crippen MR) is 68.8 cm³/mol. The van der Waals surface area contributed by atoms with Crippen LogP contribution in [0.4, 0.5) is 0 Å². The number of nitrogens with one attached hydrogen (secondary N) is 1. The maximum Gasteiger partial charge on any atom is 0.176 e. The standard InChI is InChI=1S/C10H11N5S2/c1-5-3-4-7(8(11)12)9(13-5)16-10-14-6(2)15-17-10/h3-4H,1-2H3,(H3,11,12). The molecule has 2 rings (SSSR count). The highest BCUT2D eigenvalue weighted by Crippen LogP contribution is 2.30. The molecule has 7 heteroatoms. The van der Waals surface area contributed by atoms with Crippen molar-refractivity contribution in [2.24, 2.45) is 5.73 Å². The van der Waals surface area contributed by atoms with Gasteiger partial charge < -0.3 is 5.73 Å². The van der Waals surface area contributed by atoms with Crippen molar-refractivity contribution < 1.29 is 0 Å². The molecular weight excluding hydrogens is 254 g/mol. The van der Waals surface area contributed by atoms with Crippen LogP contribution in [0.5, 0.6) is 0 Å². The molecule has 0 atom stereocenters. The quantitative estimate of drug-likeness (QED) is 0.654. The smallest absolute Gasteiger partial charge is 0.176 e. The molecule has 0 spiro atoms. The molecule has 2 aromatic heterocycles. The lowest BCUT2D eigenvalue weighted by atomic mass is 10.2. The van der Waals surface area contributed by atoms with Gasteiger partial charge in [-0.2, -0.15) is 4.37 Å². The minimum Gasteiger partial charge on any atom is -0.384 e.